The molecular formula is C14H23N5O. The second-order valence-electron chi connectivity index (χ2n) is 6.04. The molecule has 0 bridgehead atoms. The average Bonchev–Trinajstić information content (AvgIpc) is 2.38. The highest BCUT2D eigenvalue weighted by molar-refractivity contribution is 5.77. The minimum absolute atomic E-state index is 0.0342. The minimum Gasteiger partial charge on any atom is -0.353 e. The Morgan fingerprint density at radius 3 is 2.55 bits per heavy atom. The lowest BCUT2D eigenvalue weighted by Crippen LogP contribution is -2.47. The number of rotatable bonds is 4. The van der Waals surface area contributed by atoms with Crippen molar-refractivity contribution in [3.05, 3.63) is 18.5 Å². The van der Waals surface area contributed by atoms with E-state index in [0.29, 0.717) is 6.42 Å². The molecule has 0 aromatic carbocycles. The summed E-state index contributed by atoms with van der Waals surface area (Å²) >= 11 is 0. The minimum atomic E-state index is -0.456. The van der Waals surface area contributed by atoms with Gasteiger partial charge >= 0.3 is 0 Å². The molecule has 2 heterocycles. The van der Waals surface area contributed by atoms with Crippen LogP contribution in [0.5, 0.6) is 0 Å². The lowest BCUT2D eigenvalue weighted by molar-refractivity contribution is -0.122. The van der Waals surface area contributed by atoms with E-state index >= 15 is 0 Å². The molecule has 1 saturated heterocycles. The molecule has 6 nitrogen and oxygen atoms in total. The van der Waals surface area contributed by atoms with Crippen molar-refractivity contribution in [3.63, 3.8) is 0 Å². The number of carbonyl (C=O) groups is 1. The molecule has 110 valence electrons. The quantitative estimate of drug-likeness (QED) is 0.846. The number of anilines is 1. The summed E-state index contributed by atoms with van der Waals surface area (Å²) in [5.74, 6) is 0.798. The molecule has 1 amide bonds. The van der Waals surface area contributed by atoms with Crippen molar-refractivity contribution in [3.8, 4) is 0 Å². The van der Waals surface area contributed by atoms with Gasteiger partial charge in [0.05, 0.1) is 0 Å². The normalized spacial score (nSPS) is 17.1. The van der Waals surface area contributed by atoms with Crippen LogP contribution < -0.4 is 16.0 Å². The molecule has 0 radical (unpaired) electrons. The first-order valence-electron chi connectivity index (χ1n) is 7.04. The van der Waals surface area contributed by atoms with Gasteiger partial charge in [-0.15, -0.1) is 0 Å². The summed E-state index contributed by atoms with van der Waals surface area (Å²) in [7, 11) is 0. The van der Waals surface area contributed by atoms with E-state index in [2.05, 4.69) is 20.2 Å². The van der Waals surface area contributed by atoms with Crippen LogP contribution in [-0.2, 0) is 4.79 Å². The molecule has 0 spiro atoms. The Balaban J connectivity index is 1.79. The first-order valence-corrected chi connectivity index (χ1v) is 7.04. The van der Waals surface area contributed by atoms with Crippen LogP contribution in [0.15, 0.2) is 18.5 Å². The summed E-state index contributed by atoms with van der Waals surface area (Å²) in [4.78, 5) is 22.5. The summed E-state index contributed by atoms with van der Waals surface area (Å²) in [5, 5.41) is 3.06. The molecule has 0 saturated carbocycles. The third-order valence-electron chi connectivity index (χ3n) is 3.31. The van der Waals surface area contributed by atoms with Gasteiger partial charge in [-0.2, -0.15) is 0 Å². The largest absolute Gasteiger partial charge is 0.353 e. The van der Waals surface area contributed by atoms with Crippen LogP contribution in [0.25, 0.3) is 0 Å². The van der Waals surface area contributed by atoms with Gasteiger partial charge in [0.1, 0.15) is 0 Å². The molecular weight excluding hydrogens is 254 g/mol. The number of hydrogen-bond acceptors (Lipinski definition) is 5. The van der Waals surface area contributed by atoms with Crippen LogP contribution >= 0.6 is 0 Å². The summed E-state index contributed by atoms with van der Waals surface area (Å²) in [5.41, 5.74) is 5.40. The highest BCUT2D eigenvalue weighted by Gasteiger charge is 2.24. The van der Waals surface area contributed by atoms with Gasteiger partial charge in [-0.1, -0.05) is 0 Å². The molecule has 1 aliphatic heterocycles. The third kappa shape index (κ3) is 4.45. The first kappa shape index (κ1) is 14.7. The molecule has 2 rings (SSSR count). The molecule has 0 atom stereocenters. The van der Waals surface area contributed by atoms with Crippen molar-refractivity contribution in [1.29, 1.82) is 0 Å². The van der Waals surface area contributed by atoms with Crippen molar-refractivity contribution in [2.45, 2.75) is 44.7 Å². The number of carbonyl (C=O) groups excluding carboxylic acids is 1. The van der Waals surface area contributed by atoms with Crippen molar-refractivity contribution in [2.75, 3.05) is 18.0 Å². The first-order chi connectivity index (χ1) is 9.44. The SMILES string of the molecule is CC(C)(N)CC(=O)NC1CCN(c2ncccn2)CC1. The predicted molar refractivity (Wildman–Crippen MR) is 78.3 cm³/mol. The predicted octanol–water partition coefficient (Wildman–Crippen LogP) is 0.689. The molecule has 20 heavy (non-hydrogen) atoms. The number of aromatic nitrogens is 2. The zero-order valence-corrected chi connectivity index (χ0v) is 12.2. The fraction of sp³-hybridized carbons (Fsp3) is 0.643. The summed E-state index contributed by atoms with van der Waals surface area (Å²) < 4.78 is 0. The fourth-order valence-corrected chi connectivity index (χ4v) is 2.37. The van der Waals surface area contributed by atoms with E-state index in [1.54, 1.807) is 12.4 Å². The van der Waals surface area contributed by atoms with Crippen LogP contribution in [-0.4, -0.2) is 40.5 Å². The van der Waals surface area contributed by atoms with Crippen molar-refractivity contribution in [1.82, 2.24) is 15.3 Å². The van der Waals surface area contributed by atoms with E-state index in [1.807, 2.05) is 19.9 Å². The standard InChI is InChI=1S/C14H23N5O/c1-14(2,15)10-12(20)18-11-4-8-19(9-5-11)13-16-6-3-7-17-13/h3,6-7,11H,4-5,8-10,15H2,1-2H3,(H,18,20). The number of piperidine rings is 1. The number of nitrogens with zero attached hydrogens (tertiary/aromatic N) is 3. The van der Waals surface area contributed by atoms with Gasteiger partial charge in [0, 0.05) is 43.5 Å². The summed E-state index contributed by atoms with van der Waals surface area (Å²) in [6.07, 6.45) is 5.68. The van der Waals surface area contributed by atoms with E-state index in [9.17, 15) is 4.79 Å². The molecule has 1 aromatic heterocycles. The Bertz CT molecular complexity index is 435. The Labute approximate surface area is 119 Å². The molecule has 1 aliphatic rings. The van der Waals surface area contributed by atoms with E-state index in [4.69, 9.17) is 5.73 Å². The van der Waals surface area contributed by atoms with Crippen molar-refractivity contribution >= 4 is 11.9 Å². The van der Waals surface area contributed by atoms with Crippen LogP contribution in [0.3, 0.4) is 0 Å². The Morgan fingerprint density at radius 1 is 1.40 bits per heavy atom. The number of nitrogens with one attached hydrogen (secondary N) is 1. The monoisotopic (exact) mass is 277 g/mol. The molecule has 0 unspecified atom stereocenters. The van der Waals surface area contributed by atoms with E-state index in [-0.39, 0.29) is 11.9 Å². The van der Waals surface area contributed by atoms with Crippen LogP contribution in [0.4, 0.5) is 5.95 Å². The van der Waals surface area contributed by atoms with Gasteiger partial charge in [0.25, 0.3) is 0 Å². The van der Waals surface area contributed by atoms with Crippen LogP contribution in [0.2, 0.25) is 0 Å². The second kappa shape index (κ2) is 6.17. The van der Waals surface area contributed by atoms with Gasteiger partial charge in [-0.25, -0.2) is 9.97 Å². The summed E-state index contributed by atoms with van der Waals surface area (Å²) in [6.45, 7) is 5.45. The van der Waals surface area contributed by atoms with Gasteiger partial charge in [-0.05, 0) is 32.8 Å². The lowest BCUT2D eigenvalue weighted by Gasteiger charge is -2.32. The molecule has 0 aliphatic carbocycles. The van der Waals surface area contributed by atoms with Crippen molar-refractivity contribution < 1.29 is 4.79 Å². The van der Waals surface area contributed by atoms with Gasteiger partial charge in [-0.3, -0.25) is 4.79 Å². The number of nitrogens with two attached hydrogens (primary N) is 1. The average molecular weight is 277 g/mol. The molecule has 1 fully saturated rings. The molecule has 3 N–H and O–H groups in total. The lowest BCUT2D eigenvalue weighted by atomic mass is 10.0. The van der Waals surface area contributed by atoms with Crippen molar-refractivity contribution in [2.24, 2.45) is 5.73 Å². The zero-order chi connectivity index (χ0) is 14.6. The smallest absolute Gasteiger partial charge is 0.225 e. The zero-order valence-electron chi connectivity index (χ0n) is 12.2. The van der Waals surface area contributed by atoms with Gasteiger partial charge < -0.3 is 16.0 Å². The maximum Gasteiger partial charge on any atom is 0.225 e. The highest BCUT2D eigenvalue weighted by Crippen LogP contribution is 2.15. The van der Waals surface area contributed by atoms with E-state index < -0.39 is 5.54 Å². The Hall–Kier alpha value is -1.69. The fourth-order valence-electron chi connectivity index (χ4n) is 2.37. The van der Waals surface area contributed by atoms with Gasteiger partial charge in [0.15, 0.2) is 0 Å². The van der Waals surface area contributed by atoms with Gasteiger partial charge in [0.2, 0.25) is 11.9 Å². The summed E-state index contributed by atoms with van der Waals surface area (Å²) in [6, 6.07) is 2.04. The Kier molecular flexibility index (Phi) is 4.54. The number of hydrogen-bond donors (Lipinski definition) is 2. The maximum absolute atomic E-state index is 11.8. The number of amides is 1. The topological polar surface area (TPSA) is 84.1 Å². The van der Waals surface area contributed by atoms with E-state index in [1.165, 1.54) is 0 Å². The second-order valence-corrected chi connectivity index (χ2v) is 6.04. The Morgan fingerprint density at radius 2 is 2.00 bits per heavy atom. The highest BCUT2D eigenvalue weighted by atomic mass is 16.1. The third-order valence-corrected chi connectivity index (χ3v) is 3.31. The maximum atomic E-state index is 11.8. The van der Waals surface area contributed by atoms with Crippen LogP contribution in [0.1, 0.15) is 33.1 Å². The van der Waals surface area contributed by atoms with Crippen LogP contribution in [0, 0.1) is 0 Å². The van der Waals surface area contributed by atoms with E-state index in [0.717, 1.165) is 31.9 Å². The molecule has 1 aromatic rings. The molecule has 6 heteroatoms.